The minimum absolute atomic E-state index is 0.0567. The van der Waals surface area contributed by atoms with Crippen LogP contribution in [0, 0.1) is 22.5 Å². The van der Waals surface area contributed by atoms with Crippen molar-refractivity contribution in [2.75, 3.05) is 13.7 Å². The van der Waals surface area contributed by atoms with E-state index in [0.717, 1.165) is 0 Å². The van der Waals surface area contributed by atoms with Crippen LogP contribution < -0.4 is 10.1 Å². The fourth-order valence-electron chi connectivity index (χ4n) is 1.46. The summed E-state index contributed by atoms with van der Waals surface area (Å²) in [6.07, 6.45) is 6.37. The number of hydrogen-bond donors (Lipinski definition) is 1. The van der Waals surface area contributed by atoms with Crippen LogP contribution in [0.3, 0.4) is 0 Å². The fraction of sp³-hybridized carbons (Fsp3) is 0.308. The number of terminal acetylenes is 1. The number of methoxy groups -OCH3 is 1. The molecule has 1 N–H and O–H groups in total. The van der Waals surface area contributed by atoms with Crippen molar-refractivity contribution in [1.29, 1.82) is 0 Å². The number of carbonyl (C=O) groups excluding carboxylic acids is 1. The van der Waals surface area contributed by atoms with Gasteiger partial charge in [0.1, 0.15) is 0 Å². The first-order valence-corrected chi connectivity index (χ1v) is 5.64. The SMILES string of the molecule is C#CCCCNC(=O)c1ccc([N+](=O)[O-])c(OC)c1. The third kappa shape index (κ3) is 4.00. The van der Waals surface area contributed by atoms with Gasteiger partial charge in [-0.25, -0.2) is 0 Å². The number of rotatable bonds is 6. The van der Waals surface area contributed by atoms with Crippen molar-refractivity contribution in [3.05, 3.63) is 33.9 Å². The van der Waals surface area contributed by atoms with E-state index in [9.17, 15) is 14.9 Å². The van der Waals surface area contributed by atoms with Gasteiger partial charge >= 0.3 is 5.69 Å². The highest BCUT2D eigenvalue weighted by atomic mass is 16.6. The van der Waals surface area contributed by atoms with Crippen molar-refractivity contribution in [2.24, 2.45) is 0 Å². The molecule has 0 saturated heterocycles. The Hall–Kier alpha value is -2.55. The third-order valence-corrected chi connectivity index (χ3v) is 2.42. The number of nitro groups is 1. The summed E-state index contributed by atoms with van der Waals surface area (Å²) >= 11 is 0. The first-order chi connectivity index (χ1) is 9.10. The Labute approximate surface area is 110 Å². The fourth-order valence-corrected chi connectivity index (χ4v) is 1.46. The summed E-state index contributed by atoms with van der Waals surface area (Å²) in [5, 5.41) is 13.4. The highest BCUT2D eigenvalue weighted by Gasteiger charge is 2.17. The number of nitrogens with zero attached hydrogens (tertiary/aromatic N) is 1. The monoisotopic (exact) mass is 262 g/mol. The molecule has 0 heterocycles. The van der Waals surface area contributed by atoms with E-state index >= 15 is 0 Å². The van der Waals surface area contributed by atoms with Gasteiger partial charge in [0, 0.05) is 30.7 Å². The van der Waals surface area contributed by atoms with Crippen LogP contribution >= 0.6 is 0 Å². The molecule has 0 aliphatic carbocycles. The Morgan fingerprint density at radius 1 is 1.58 bits per heavy atom. The number of nitro benzene ring substituents is 1. The molecule has 19 heavy (non-hydrogen) atoms. The Balaban J connectivity index is 2.76. The molecule has 0 aliphatic heterocycles. The summed E-state index contributed by atoms with van der Waals surface area (Å²) in [7, 11) is 1.32. The predicted molar refractivity (Wildman–Crippen MR) is 70.0 cm³/mol. The molecular weight excluding hydrogens is 248 g/mol. The van der Waals surface area contributed by atoms with E-state index in [2.05, 4.69) is 11.2 Å². The third-order valence-electron chi connectivity index (χ3n) is 2.42. The Morgan fingerprint density at radius 2 is 2.32 bits per heavy atom. The molecule has 0 saturated carbocycles. The summed E-state index contributed by atoms with van der Waals surface area (Å²) < 4.78 is 4.89. The van der Waals surface area contributed by atoms with Crippen LogP contribution in [0.25, 0.3) is 0 Å². The van der Waals surface area contributed by atoms with Crippen molar-refractivity contribution >= 4 is 11.6 Å². The lowest BCUT2D eigenvalue weighted by Gasteiger charge is -2.06. The van der Waals surface area contributed by atoms with Gasteiger partial charge in [-0.05, 0) is 12.5 Å². The second kappa shape index (κ2) is 7.01. The van der Waals surface area contributed by atoms with Gasteiger partial charge in [-0.1, -0.05) is 0 Å². The summed E-state index contributed by atoms with van der Waals surface area (Å²) in [5.41, 5.74) is 0.134. The average molecular weight is 262 g/mol. The molecule has 0 radical (unpaired) electrons. The molecule has 100 valence electrons. The molecular formula is C13H14N2O4. The van der Waals surface area contributed by atoms with E-state index in [0.29, 0.717) is 24.9 Å². The molecule has 1 aromatic carbocycles. The molecule has 0 aliphatic rings. The first-order valence-electron chi connectivity index (χ1n) is 5.64. The van der Waals surface area contributed by atoms with Crippen LogP contribution in [0.15, 0.2) is 18.2 Å². The molecule has 0 unspecified atom stereocenters. The summed E-state index contributed by atoms with van der Waals surface area (Å²) in [5.74, 6) is 2.22. The Bertz CT molecular complexity index is 520. The van der Waals surface area contributed by atoms with E-state index < -0.39 is 4.92 Å². The zero-order chi connectivity index (χ0) is 14.3. The maximum atomic E-state index is 11.8. The van der Waals surface area contributed by atoms with E-state index in [1.165, 1.54) is 25.3 Å². The number of hydrogen-bond acceptors (Lipinski definition) is 4. The normalized spacial score (nSPS) is 9.47. The van der Waals surface area contributed by atoms with Gasteiger partial charge in [-0.15, -0.1) is 12.3 Å². The van der Waals surface area contributed by atoms with E-state index in [1.807, 2.05) is 0 Å². The number of benzene rings is 1. The predicted octanol–water partition coefficient (Wildman–Crippen LogP) is 1.75. The Kier molecular flexibility index (Phi) is 5.35. The lowest BCUT2D eigenvalue weighted by Crippen LogP contribution is -2.24. The molecule has 1 amide bonds. The second-order valence-corrected chi connectivity index (χ2v) is 3.71. The molecule has 0 bridgehead atoms. The lowest BCUT2D eigenvalue weighted by atomic mass is 10.1. The van der Waals surface area contributed by atoms with Crippen LogP contribution in [-0.2, 0) is 0 Å². The summed E-state index contributed by atoms with van der Waals surface area (Å²) in [6, 6.07) is 3.97. The number of amides is 1. The molecule has 6 nitrogen and oxygen atoms in total. The molecule has 0 fully saturated rings. The highest BCUT2D eigenvalue weighted by Crippen LogP contribution is 2.27. The van der Waals surface area contributed by atoms with Crippen molar-refractivity contribution < 1.29 is 14.5 Å². The van der Waals surface area contributed by atoms with Crippen molar-refractivity contribution in [3.8, 4) is 18.1 Å². The number of carbonyl (C=O) groups is 1. The van der Waals surface area contributed by atoms with Gasteiger partial charge in [0.25, 0.3) is 5.91 Å². The van der Waals surface area contributed by atoms with Gasteiger partial charge < -0.3 is 10.1 Å². The van der Waals surface area contributed by atoms with Crippen LogP contribution in [0.5, 0.6) is 5.75 Å². The molecule has 6 heteroatoms. The quantitative estimate of drug-likeness (QED) is 0.366. The van der Waals surface area contributed by atoms with Crippen LogP contribution in [0.4, 0.5) is 5.69 Å². The average Bonchev–Trinajstić information content (AvgIpc) is 2.42. The molecule has 0 atom stereocenters. The molecule has 1 aromatic rings. The van der Waals surface area contributed by atoms with E-state index in [4.69, 9.17) is 11.2 Å². The second-order valence-electron chi connectivity index (χ2n) is 3.71. The number of unbranched alkanes of at least 4 members (excludes halogenated alkanes) is 1. The lowest BCUT2D eigenvalue weighted by molar-refractivity contribution is -0.385. The van der Waals surface area contributed by atoms with Crippen molar-refractivity contribution in [3.63, 3.8) is 0 Å². The maximum Gasteiger partial charge on any atom is 0.310 e. The van der Waals surface area contributed by atoms with E-state index in [-0.39, 0.29) is 17.3 Å². The maximum absolute atomic E-state index is 11.8. The van der Waals surface area contributed by atoms with E-state index in [1.54, 1.807) is 0 Å². The zero-order valence-electron chi connectivity index (χ0n) is 10.5. The first kappa shape index (κ1) is 14.5. The zero-order valence-corrected chi connectivity index (χ0v) is 10.5. The number of nitrogens with one attached hydrogen (secondary N) is 1. The minimum Gasteiger partial charge on any atom is -0.490 e. The largest absolute Gasteiger partial charge is 0.490 e. The van der Waals surface area contributed by atoms with Gasteiger partial charge in [0.15, 0.2) is 5.75 Å². The highest BCUT2D eigenvalue weighted by molar-refractivity contribution is 5.95. The van der Waals surface area contributed by atoms with Crippen molar-refractivity contribution in [1.82, 2.24) is 5.32 Å². The van der Waals surface area contributed by atoms with Gasteiger partial charge in [0.05, 0.1) is 12.0 Å². The standard InChI is InChI=1S/C13H14N2O4/c1-3-4-5-8-14-13(16)10-6-7-11(15(17)18)12(9-10)19-2/h1,6-7,9H,4-5,8H2,2H3,(H,14,16). The smallest absolute Gasteiger partial charge is 0.310 e. The van der Waals surface area contributed by atoms with Crippen LogP contribution in [0.2, 0.25) is 0 Å². The van der Waals surface area contributed by atoms with Crippen LogP contribution in [-0.4, -0.2) is 24.5 Å². The van der Waals surface area contributed by atoms with Gasteiger partial charge in [-0.2, -0.15) is 0 Å². The summed E-state index contributed by atoms with van der Waals surface area (Å²) in [4.78, 5) is 21.9. The van der Waals surface area contributed by atoms with Crippen LogP contribution in [0.1, 0.15) is 23.2 Å². The summed E-state index contributed by atoms with van der Waals surface area (Å²) in [6.45, 7) is 0.461. The molecule has 0 aromatic heterocycles. The topological polar surface area (TPSA) is 81.5 Å². The minimum atomic E-state index is -0.562. The Morgan fingerprint density at radius 3 is 2.89 bits per heavy atom. The molecule has 0 spiro atoms. The van der Waals surface area contributed by atoms with Gasteiger partial charge in [-0.3, -0.25) is 14.9 Å². The number of ether oxygens (including phenoxy) is 1. The molecule has 1 rings (SSSR count). The van der Waals surface area contributed by atoms with Crippen molar-refractivity contribution in [2.45, 2.75) is 12.8 Å². The van der Waals surface area contributed by atoms with Gasteiger partial charge in [0.2, 0.25) is 0 Å².